The van der Waals surface area contributed by atoms with Crippen LogP contribution in [0.4, 0.5) is 11.4 Å². The lowest BCUT2D eigenvalue weighted by Crippen LogP contribution is -2.52. The maximum absolute atomic E-state index is 13.3. The van der Waals surface area contributed by atoms with Crippen molar-refractivity contribution in [2.75, 3.05) is 36.8 Å². The van der Waals surface area contributed by atoms with E-state index in [0.717, 1.165) is 30.0 Å². The number of fused-ring (bicyclic) bond motifs is 1. The molecule has 216 valence electrons. The Hall–Kier alpha value is -3.39. The van der Waals surface area contributed by atoms with Crippen LogP contribution in [0, 0.1) is 5.41 Å². The van der Waals surface area contributed by atoms with Crippen molar-refractivity contribution in [1.82, 2.24) is 15.1 Å². The van der Waals surface area contributed by atoms with Crippen molar-refractivity contribution in [3.8, 4) is 0 Å². The molecule has 1 aliphatic carbocycles. The second-order valence-electron chi connectivity index (χ2n) is 13.1. The first-order valence-electron chi connectivity index (χ1n) is 15.5. The molecule has 1 saturated carbocycles. The number of nitrogens with zero attached hydrogens (tertiary/aromatic N) is 3. The van der Waals surface area contributed by atoms with Gasteiger partial charge in [-0.3, -0.25) is 19.7 Å². The number of hydrogen-bond donors (Lipinski definition) is 2. The number of likely N-dealkylation sites (tertiary alicyclic amines) is 1. The molecule has 3 saturated heterocycles. The summed E-state index contributed by atoms with van der Waals surface area (Å²) in [7, 11) is 0. The summed E-state index contributed by atoms with van der Waals surface area (Å²) in [6, 6.07) is 14.9. The lowest BCUT2D eigenvalue weighted by Gasteiger charge is -2.42. The minimum Gasteiger partial charge on any atom is -0.399 e. The molecule has 0 aromatic heterocycles. The summed E-state index contributed by atoms with van der Waals surface area (Å²) in [5.74, 6) is -0.0533. The van der Waals surface area contributed by atoms with Gasteiger partial charge in [-0.15, -0.1) is 0 Å². The minimum absolute atomic E-state index is 0.0939. The molecule has 4 heterocycles. The highest BCUT2D eigenvalue weighted by atomic mass is 16.2. The predicted octanol–water partition coefficient (Wildman–Crippen LogP) is 4.05. The van der Waals surface area contributed by atoms with Crippen LogP contribution < -0.4 is 16.0 Å². The van der Waals surface area contributed by atoms with E-state index in [1.165, 1.54) is 63.6 Å². The monoisotopic (exact) mass is 555 g/mol. The third kappa shape index (κ3) is 5.00. The van der Waals surface area contributed by atoms with Crippen LogP contribution in [-0.4, -0.2) is 65.8 Å². The van der Waals surface area contributed by atoms with E-state index in [9.17, 15) is 14.4 Å². The number of anilines is 2. The number of carbonyl (C=O) groups excluding carboxylic acids is 3. The maximum Gasteiger partial charge on any atom is 0.255 e. The first-order valence-corrected chi connectivity index (χ1v) is 15.5. The third-order valence-electron chi connectivity index (χ3n) is 10.8. The Morgan fingerprint density at radius 2 is 1.61 bits per heavy atom. The first-order chi connectivity index (χ1) is 19.9. The number of nitrogens with two attached hydrogens (primary N) is 1. The molecule has 3 N–H and O–H groups in total. The maximum atomic E-state index is 13.3. The average molecular weight is 556 g/mol. The fraction of sp³-hybridized carbons (Fsp3) is 0.545. The number of nitrogens with one attached hydrogen (secondary N) is 1. The molecular weight excluding hydrogens is 514 g/mol. The molecule has 2 unspecified atom stereocenters. The Balaban J connectivity index is 0.936. The van der Waals surface area contributed by atoms with E-state index >= 15 is 0 Å². The molecule has 2 aromatic carbocycles. The van der Waals surface area contributed by atoms with Gasteiger partial charge in [-0.1, -0.05) is 18.2 Å². The summed E-state index contributed by atoms with van der Waals surface area (Å²) in [6.07, 6.45) is 9.52. The van der Waals surface area contributed by atoms with Gasteiger partial charge in [0.25, 0.3) is 5.91 Å². The van der Waals surface area contributed by atoms with Crippen LogP contribution in [0.5, 0.6) is 0 Å². The zero-order valence-corrected chi connectivity index (χ0v) is 23.8. The second kappa shape index (κ2) is 10.5. The van der Waals surface area contributed by atoms with Gasteiger partial charge >= 0.3 is 0 Å². The van der Waals surface area contributed by atoms with Crippen LogP contribution >= 0.6 is 0 Å². The molecule has 4 fully saturated rings. The normalized spacial score (nSPS) is 27.0. The lowest BCUT2D eigenvalue weighted by atomic mass is 9.76. The molecule has 41 heavy (non-hydrogen) atoms. The Labute approximate surface area is 242 Å². The molecular formula is C33H41N5O3. The molecule has 8 heteroatoms. The third-order valence-corrected chi connectivity index (χ3v) is 10.8. The number of nitrogen functional groups attached to an aromatic ring is 1. The average Bonchev–Trinajstić information content (AvgIpc) is 3.55. The molecule has 1 spiro atoms. The van der Waals surface area contributed by atoms with Crippen molar-refractivity contribution in [1.29, 1.82) is 0 Å². The fourth-order valence-electron chi connectivity index (χ4n) is 8.29. The molecule has 3 amide bonds. The number of benzene rings is 2. The highest BCUT2D eigenvalue weighted by Crippen LogP contribution is 2.49. The van der Waals surface area contributed by atoms with E-state index < -0.39 is 6.04 Å². The van der Waals surface area contributed by atoms with Gasteiger partial charge in [0.1, 0.15) is 6.04 Å². The highest BCUT2D eigenvalue weighted by Gasteiger charge is 2.44. The number of piperidine rings is 3. The van der Waals surface area contributed by atoms with Crippen LogP contribution in [0.25, 0.3) is 0 Å². The standard InChI is InChI=1S/C33H41N5O3/c34-25-4-1-22(2-5-25)23-10-15-36(16-11-23)27-9-12-33(20-27)13-17-37(18-14-33)26-6-3-24-21-38(32(41)28(24)19-26)29-7-8-30(39)35-31(29)40/h1-6,19,23,27,29H,7-18,20-21,34H2,(H,35,39,40). The van der Waals surface area contributed by atoms with Gasteiger partial charge in [-0.05, 0) is 111 Å². The van der Waals surface area contributed by atoms with Crippen molar-refractivity contribution in [2.24, 2.45) is 5.41 Å². The van der Waals surface area contributed by atoms with Crippen LogP contribution in [-0.2, 0) is 16.1 Å². The van der Waals surface area contributed by atoms with Gasteiger partial charge in [-0.2, -0.15) is 0 Å². The fourth-order valence-corrected chi connectivity index (χ4v) is 8.29. The zero-order chi connectivity index (χ0) is 28.1. The molecule has 0 bridgehead atoms. The Bertz CT molecular complexity index is 1340. The SMILES string of the molecule is Nc1ccc(C2CCN(C3CCC4(CCN(c5ccc6c(c5)C(=O)N(C5CCC(=O)NC5=O)C6)CC4)C3)CC2)cc1. The van der Waals surface area contributed by atoms with E-state index in [4.69, 9.17) is 5.73 Å². The van der Waals surface area contributed by atoms with Crippen LogP contribution in [0.15, 0.2) is 42.5 Å². The number of imide groups is 1. The van der Waals surface area contributed by atoms with Gasteiger partial charge < -0.3 is 20.4 Å². The number of hydrogen-bond acceptors (Lipinski definition) is 6. The van der Waals surface area contributed by atoms with E-state index in [2.05, 4.69) is 39.4 Å². The highest BCUT2D eigenvalue weighted by molar-refractivity contribution is 6.05. The summed E-state index contributed by atoms with van der Waals surface area (Å²) in [5, 5.41) is 2.39. The lowest BCUT2D eigenvalue weighted by molar-refractivity contribution is -0.136. The second-order valence-corrected chi connectivity index (χ2v) is 13.1. The van der Waals surface area contributed by atoms with E-state index in [1.54, 1.807) is 4.90 Å². The Morgan fingerprint density at radius 1 is 0.854 bits per heavy atom. The predicted molar refractivity (Wildman–Crippen MR) is 158 cm³/mol. The number of rotatable bonds is 4. The van der Waals surface area contributed by atoms with Crippen LogP contribution in [0.1, 0.15) is 85.2 Å². The van der Waals surface area contributed by atoms with Gasteiger partial charge in [0.2, 0.25) is 11.8 Å². The van der Waals surface area contributed by atoms with Gasteiger partial charge in [-0.25, -0.2) is 0 Å². The van der Waals surface area contributed by atoms with Crippen LogP contribution in [0.3, 0.4) is 0 Å². The molecule has 0 radical (unpaired) electrons. The Kier molecular flexibility index (Phi) is 6.76. The molecule has 5 aliphatic rings. The molecule has 8 nitrogen and oxygen atoms in total. The summed E-state index contributed by atoms with van der Waals surface area (Å²) in [4.78, 5) is 44.1. The molecule has 7 rings (SSSR count). The summed E-state index contributed by atoms with van der Waals surface area (Å²) in [6.45, 7) is 4.87. The molecule has 2 atom stereocenters. The van der Waals surface area contributed by atoms with Crippen molar-refractivity contribution in [2.45, 2.75) is 82.3 Å². The number of amides is 3. The van der Waals surface area contributed by atoms with Crippen LogP contribution in [0.2, 0.25) is 0 Å². The largest absolute Gasteiger partial charge is 0.399 e. The smallest absolute Gasteiger partial charge is 0.255 e. The van der Waals surface area contributed by atoms with Gasteiger partial charge in [0.15, 0.2) is 0 Å². The van der Waals surface area contributed by atoms with Gasteiger partial charge in [0.05, 0.1) is 0 Å². The zero-order valence-electron chi connectivity index (χ0n) is 23.8. The van der Waals surface area contributed by atoms with Crippen molar-refractivity contribution in [3.63, 3.8) is 0 Å². The quantitative estimate of drug-likeness (QED) is 0.436. The van der Waals surface area contributed by atoms with E-state index in [0.29, 0.717) is 35.9 Å². The van der Waals surface area contributed by atoms with Crippen molar-refractivity contribution >= 4 is 29.1 Å². The summed E-state index contributed by atoms with van der Waals surface area (Å²) in [5.41, 5.74) is 11.4. The van der Waals surface area contributed by atoms with E-state index in [1.807, 2.05) is 18.2 Å². The molecule has 2 aromatic rings. The minimum atomic E-state index is -0.565. The number of carbonyl (C=O) groups is 3. The summed E-state index contributed by atoms with van der Waals surface area (Å²) < 4.78 is 0. The topological polar surface area (TPSA) is 99.0 Å². The van der Waals surface area contributed by atoms with Crippen molar-refractivity contribution in [3.05, 3.63) is 59.2 Å². The van der Waals surface area contributed by atoms with E-state index in [-0.39, 0.29) is 24.1 Å². The Morgan fingerprint density at radius 3 is 2.34 bits per heavy atom. The summed E-state index contributed by atoms with van der Waals surface area (Å²) >= 11 is 0. The molecule has 4 aliphatic heterocycles. The van der Waals surface area contributed by atoms with Gasteiger partial charge in [0, 0.05) is 49.0 Å². The first kappa shape index (κ1) is 26.5. The van der Waals surface area contributed by atoms with Crippen molar-refractivity contribution < 1.29 is 14.4 Å².